The van der Waals surface area contributed by atoms with Crippen molar-refractivity contribution in [1.82, 2.24) is 0 Å². The van der Waals surface area contributed by atoms with Gasteiger partial charge in [-0.15, -0.1) is 0 Å². The average Bonchev–Trinajstić information content (AvgIpc) is 1.54. The molecule has 0 fully saturated rings. The van der Waals surface area contributed by atoms with Gasteiger partial charge in [-0.1, -0.05) is 0 Å². The fourth-order valence-corrected chi connectivity index (χ4v) is 0. The SMILES string of the molecule is O=[N+]([O-])[O-].O=[N+]([O-])[O-].O=[N+]([O-])[O-].[Ag+].[Ag+].[Ag+]. The van der Waals surface area contributed by atoms with E-state index in [0.29, 0.717) is 0 Å². The van der Waals surface area contributed by atoms with Crippen molar-refractivity contribution < 1.29 is 82.4 Å². The molecule has 15 heavy (non-hydrogen) atoms. The van der Waals surface area contributed by atoms with E-state index in [1.54, 1.807) is 0 Å². The van der Waals surface area contributed by atoms with Gasteiger partial charge in [0.25, 0.3) is 0 Å². The summed E-state index contributed by atoms with van der Waals surface area (Å²) in [6.45, 7) is 0. The van der Waals surface area contributed by atoms with E-state index in [-0.39, 0.29) is 67.1 Å². The van der Waals surface area contributed by atoms with Gasteiger partial charge in [0.15, 0.2) is 0 Å². The molecule has 0 spiro atoms. The van der Waals surface area contributed by atoms with Gasteiger partial charge in [0.1, 0.15) is 0 Å². The van der Waals surface area contributed by atoms with Gasteiger partial charge >= 0.3 is 67.1 Å². The predicted molar refractivity (Wildman–Crippen MR) is 31.1 cm³/mol. The first-order valence-corrected chi connectivity index (χ1v) is 1.64. The Labute approximate surface area is 127 Å². The summed E-state index contributed by atoms with van der Waals surface area (Å²) in [5.41, 5.74) is 0. The second-order valence-corrected chi connectivity index (χ2v) is 0.671. The first-order chi connectivity index (χ1) is 5.20. The summed E-state index contributed by atoms with van der Waals surface area (Å²) in [5.74, 6) is 0. The number of rotatable bonds is 0. The van der Waals surface area contributed by atoms with Gasteiger partial charge in [-0.25, -0.2) is 0 Å². The van der Waals surface area contributed by atoms with Gasteiger partial charge in [0.2, 0.25) is 0 Å². The largest absolute Gasteiger partial charge is 1.00 e. The van der Waals surface area contributed by atoms with Gasteiger partial charge in [-0.05, 0) is 0 Å². The molecule has 0 saturated heterocycles. The number of hydrogen-bond acceptors (Lipinski definition) is 9. The van der Waals surface area contributed by atoms with Gasteiger partial charge < -0.3 is 46.0 Å². The monoisotopic (exact) mass is 507 g/mol. The molecule has 15 heteroatoms. The van der Waals surface area contributed by atoms with E-state index in [9.17, 15) is 0 Å². The topological polar surface area (TPSA) is 199 Å². The maximum atomic E-state index is 8.25. The zero-order chi connectivity index (χ0) is 10.7. The zero-order valence-corrected chi connectivity index (χ0v) is 10.4. The van der Waals surface area contributed by atoms with Gasteiger partial charge in [0.05, 0.1) is 15.3 Å². The summed E-state index contributed by atoms with van der Waals surface area (Å²) in [7, 11) is 0. The second-order valence-electron chi connectivity index (χ2n) is 0.671. The summed E-state index contributed by atoms with van der Waals surface area (Å²) >= 11 is 0. The van der Waals surface area contributed by atoms with Crippen molar-refractivity contribution >= 4 is 0 Å². The molecule has 0 aromatic heterocycles. The Balaban J connectivity index is -0.0000000184. The first-order valence-electron chi connectivity index (χ1n) is 1.64. The van der Waals surface area contributed by atoms with Crippen LogP contribution in [0.5, 0.6) is 0 Å². The van der Waals surface area contributed by atoms with Crippen molar-refractivity contribution in [2.75, 3.05) is 0 Å². The van der Waals surface area contributed by atoms with Crippen LogP contribution in [0.2, 0.25) is 0 Å². The van der Waals surface area contributed by atoms with E-state index in [2.05, 4.69) is 0 Å². The molecule has 102 valence electrons. The van der Waals surface area contributed by atoms with Crippen LogP contribution in [0.1, 0.15) is 0 Å². The molecule has 12 nitrogen and oxygen atoms in total. The molecule has 0 saturated carbocycles. The second kappa shape index (κ2) is 29.2. The Kier molecular flexibility index (Phi) is 70.8. The predicted octanol–water partition coefficient (Wildman–Crippen LogP) is -0.725. The van der Waals surface area contributed by atoms with Crippen LogP contribution in [0.3, 0.4) is 0 Å². The maximum absolute atomic E-state index is 8.25. The van der Waals surface area contributed by atoms with Crippen molar-refractivity contribution in [2.24, 2.45) is 0 Å². The number of hydrogen-bond donors (Lipinski definition) is 0. The molecular weight excluding hydrogens is 510 g/mol. The molecule has 0 unspecified atom stereocenters. The molecule has 0 aliphatic carbocycles. The van der Waals surface area contributed by atoms with Crippen molar-refractivity contribution in [2.45, 2.75) is 0 Å². The third-order valence-electron chi connectivity index (χ3n) is 0. The molecule has 0 radical (unpaired) electrons. The van der Waals surface area contributed by atoms with Crippen LogP contribution in [0.25, 0.3) is 0 Å². The molecule has 0 rings (SSSR count). The Morgan fingerprint density at radius 2 is 0.467 bits per heavy atom. The van der Waals surface area contributed by atoms with Crippen molar-refractivity contribution in [1.29, 1.82) is 0 Å². The molecule has 0 aromatic rings. The van der Waals surface area contributed by atoms with Crippen LogP contribution in [0.15, 0.2) is 0 Å². The minimum atomic E-state index is -1.75. The maximum Gasteiger partial charge on any atom is 1.00 e. The van der Waals surface area contributed by atoms with E-state index in [0.717, 1.165) is 0 Å². The molecule has 0 heterocycles. The summed E-state index contributed by atoms with van der Waals surface area (Å²) in [5, 5.41) is 44.2. The standard InChI is InChI=1S/3Ag.3NO3/c;;;3*2-1(3)4/q3*+1;3*-1. The van der Waals surface area contributed by atoms with Crippen molar-refractivity contribution in [3.63, 3.8) is 0 Å². The van der Waals surface area contributed by atoms with E-state index < -0.39 is 15.3 Å². The van der Waals surface area contributed by atoms with E-state index >= 15 is 0 Å². The molecule has 0 amide bonds. The molecular formula is Ag3N3O9. The summed E-state index contributed by atoms with van der Waals surface area (Å²) in [6, 6.07) is 0. The Morgan fingerprint density at radius 1 is 0.467 bits per heavy atom. The molecule has 0 N–H and O–H groups in total. The molecule has 0 bridgehead atoms. The molecule has 0 aliphatic heterocycles. The van der Waals surface area contributed by atoms with E-state index in [4.69, 9.17) is 46.0 Å². The van der Waals surface area contributed by atoms with E-state index in [1.165, 1.54) is 0 Å². The van der Waals surface area contributed by atoms with Gasteiger partial charge in [0, 0.05) is 0 Å². The van der Waals surface area contributed by atoms with Crippen LogP contribution in [0.4, 0.5) is 0 Å². The van der Waals surface area contributed by atoms with Crippen LogP contribution in [-0.4, -0.2) is 15.3 Å². The molecule has 0 atom stereocenters. The Hall–Kier alpha value is -0.179. The Bertz CT molecular complexity index is 118. The minimum absolute atomic E-state index is 0. The first kappa shape index (κ1) is 36.4. The molecule has 0 aliphatic rings. The van der Waals surface area contributed by atoms with Crippen LogP contribution in [-0.2, 0) is 67.1 Å². The van der Waals surface area contributed by atoms with Gasteiger partial charge in [-0.3, -0.25) is 0 Å². The summed E-state index contributed by atoms with van der Waals surface area (Å²) < 4.78 is 0. The van der Waals surface area contributed by atoms with Crippen molar-refractivity contribution in [3.05, 3.63) is 46.0 Å². The van der Waals surface area contributed by atoms with Crippen LogP contribution in [0, 0.1) is 46.0 Å². The fourth-order valence-electron chi connectivity index (χ4n) is 0. The van der Waals surface area contributed by atoms with Crippen LogP contribution < -0.4 is 0 Å². The van der Waals surface area contributed by atoms with Crippen LogP contribution >= 0.6 is 0 Å². The number of nitrogens with zero attached hydrogens (tertiary/aromatic N) is 3. The average molecular weight is 510 g/mol. The quantitative estimate of drug-likeness (QED) is 0.229. The third kappa shape index (κ3) is 60100. The third-order valence-corrected chi connectivity index (χ3v) is 0. The summed E-state index contributed by atoms with van der Waals surface area (Å²) in [6.07, 6.45) is 0. The minimum Gasteiger partial charge on any atom is -0.356 e. The van der Waals surface area contributed by atoms with Gasteiger partial charge in [-0.2, -0.15) is 0 Å². The smallest absolute Gasteiger partial charge is 0.356 e. The summed E-state index contributed by atoms with van der Waals surface area (Å²) in [4.78, 5) is 24.8. The zero-order valence-electron chi connectivity index (χ0n) is 5.92. The van der Waals surface area contributed by atoms with E-state index in [1.807, 2.05) is 0 Å². The van der Waals surface area contributed by atoms with Crippen molar-refractivity contribution in [3.8, 4) is 0 Å². The normalized spacial score (nSPS) is 4.80. The Morgan fingerprint density at radius 3 is 0.467 bits per heavy atom. The fraction of sp³-hybridized carbons (Fsp3) is 0. The molecule has 0 aromatic carbocycles.